The molecule has 16 heavy (non-hydrogen) atoms. The molecule has 3 heteroatoms. The third-order valence-electron chi connectivity index (χ3n) is 3.10. The Bertz CT molecular complexity index is 428. The highest BCUT2D eigenvalue weighted by Gasteiger charge is 2.14. The fraction of sp³-hybridized carbons (Fsp3) is 0.462. The van der Waals surface area contributed by atoms with Crippen molar-refractivity contribution in [2.75, 3.05) is 18.0 Å². The second kappa shape index (κ2) is 4.88. The Morgan fingerprint density at radius 3 is 2.56 bits per heavy atom. The SMILES string of the molecule is Cc1cc(C#N)c(Br)cc1N1CCCCC1. The van der Waals surface area contributed by atoms with Gasteiger partial charge in [-0.25, -0.2) is 0 Å². The van der Waals surface area contributed by atoms with Crippen LogP contribution in [0.25, 0.3) is 0 Å². The first-order valence-electron chi connectivity index (χ1n) is 5.67. The second-order valence-corrected chi connectivity index (χ2v) is 5.13. The smallest absolute Gasteiger partial charge is 0.100 e. The molecular formula is C13H15BrN2. The van der Waals surface area contributed by atoms with Crippen molar-refractivity contribution in [1.82, 2.24) is 0 Å². The molecule has 2 rings (SSSR count). The van der Waals surface area contributed by atoms with Gasteiger partial charge in [0.25, 0.3) is 0 Å². The Morgan fingerprint density at radius 1 is 1.25 bits per heavy atom. The van der Waals surface area contributed by atoms with Crippen molar-refractivity contribution < 1.29 is 0 Å². The molecule has 0 N–H and O–H groups in total. The first-order chi connectivity index (χ1) is 7.72. The number of piperidine rings is 1. The van der Waals surface area contributed by atoms with Crippen LogP contribution in [0, 0.1) is 18.3 Å². The van der Waals surface area contributed by atoms with E-state index in [1.54, 1.807) is 0 Å². The largest absolute Gasteiger partial charge is 0.371 e. The molecule has 0 amide bonds. The molecule has 0 spiro atoms. The molecule has 0 bridgehead atoms. The number of nitriles is 1. The van der Waals surface area contributed by atoms with Crippen LogP contribution in [0.4, 0.5) is 5.69 Å². The van der Waals surface area contributed by atoms with Gasteiger partial charge in [0.15, 0.2) is 0 Å². The second-order valence-electron chi connectivity index (χ2n) is 4.28. The van der Waals surface area contributed by atoms with E-state index in [2.05, 4.69) is 39.9 Å². The summed E-state index contributed by atoms with van der Waals surface area (Å²) in [5.74, 6) is 0. The van der Waals surface area contributed by atoms with Gasteiger partial charge in [0, 0.05) is 23.2 Å². The first-order valence-corrected chi connectivity index (χ1v) is 6.47. The van der Waals surface area contributed by atoms with Gasteiger partial charge >= 0.3 is 0 Å². The average molecular weight is 279 g/mol. The Morgan fingerprint density at radius 2 is 1.94 bits per heavy atom. The summed E-state index contributed by atoms with van der Waals surface area (Å²) in [6, 6.07) is 6.25. The van der Waals surface area contributed by atoms with Gasteiger partial charge in [0.1, 0.15) is 6.07 Å². The van der Waals surface area contributed by atoms with Gasteiger partial charge in [-0.3, -0.25) is 0 Å². The van der Waals surface area contributed by atoms with E-state index in [0.717, 1.165) is 23.1 Å². The number of halogens is 1. The standard InChI is InChI=1S/C13H15BrN2/c1-10-7-11(9-15)12(14)8-13(10)16-5-3-2-4-6-16/h7-8H,2-6H2,1H3. The van der Waals surface area contributed by atoms with E-state index in [1.165, 1.54) is 30.5 Å². The lowest BCUT2D eigenvalue weighted by Crippen LogP contribution is -2.30. The van der Waals surface area contributed by atoms with Crippen molar-refractivity contribution in [3.63, 3.8) is 0 Å². The molecule has 1 heterocycles. The van der Waals surface area contributed by atoms with E-state index in [4.69, 9.17) is 5.26 Å². The lowest BCUT2D eigenvalue weighted by molar-refractivity contribution is 0.577. The minimum absolute atomic E-state index is 0.721. The van der Waals surface area contributed by atoms with Crippen molar-refractivity contribution in [1.29, 1.82) is 5.26 Å². The van der Waals surface area contributed by atoms with Crippen molar-refractivity contribution in [3.8, 4) is 6.07 Å². The van der Waals surface area contributed by atoms with Crippen molar-refractivity contribution >= 4 is 21.6 Å². The fourth-order valence-corrected chi connectivity index (χ4v) is 2.65. The van der Waals surface area contributed by atoms with Crippen LogP contribution in [0.2, 0.25) is 0 Å². The minimum Gasteiger partial charge on any atom is -0.371 e. The molecule has 0 atom stereocenters. The molecule has 1 saturated heterocycles. The first kappa shape index (κ1) is 11.5. The topological polar surface area (TPSA) is 27.0 Å². The highest BCUT2D eigenvalue weighted by molar-refractivity contribution is 9.10. The van der Waals surface area contributed by atoms with E-state index in [9.17, 15) is 0 Å². The molecule has 1 aromatic carbocycles. The maximum atomic E-state index is 8.95. The third-order valence-corrected chi connectivity index (χ3v) is 3.76. The van der Waals surface area contributed by atoms with Crippen molar-refractivity contribution in [3.05, 3.63) is 27.7 Å². The molecule has 1 aliphatic rings. The molecule has 1 fully saturated rings. The number of nitrogens with zero attached hydrogens (tertiary/aromatic N) is 2. The summed E-state index contributed by atoms with van der Waals surface area (Å²) in [5.41, 5.74) is 3.19. The lowest BCUT2D eigenvalue weighted by atomic mass is 10.1. The molecule has 0 aliphatic carbocycles. The van der Waals surface area contributed by atoms with Crippen molar-refractivity contribution in [2.24, 2.45) is 0 Å². The van der Waals surface area contributed by atoms with E-state index in [-0.39, 0.29) is 0 Å². The van der Waals surface area contributed by atoms with E-state index in [0.29, 0.717) is 0 Å². The summed E-state index contributed by atoms with van der Waals surface area (Å²) in [6.07, 6.45) is 3.89. The third kappa shape index (κ3) is 2.22. The number of rotatable bonds is 1. The van der Waals surface area contributed by atoms with E-state index >= 15 is 0 Å². The molecule has 0 radical (unpaired) electrons. The van der Waals surface area contributed by atoms with Crippen LogP contribution >= 0.6 is 15.9 Å². The predicted molar refractivity (Wildman–Crippen MR) is 69.7 cm³/mol. The Labute approximate surface area is 105 Å². The summed E-state index contributed by atoms with van der Waals surface area (Å²) < 4.78 is 0.904. The van der Waals surface area contributed by atoms with Crippen LogP contribution in [0.3, 0.4) is 0 Å². The lowest BCUT2D eigenvalue weighted by Gasteiger charge is -2.30. The maximum Gasteiger partial charge on any atom is 0.100 e. The summed E-state index contributed by atoms with van der Waals surface area (Å²) in [6.45, 7) is 4.36. The van der Waals surface area contributed by atoms with Gasteiger partial charge in [0.2, 0.25) is 0 Å². The van der Waals surface area contributed by atoms with Crippen LogP contribution in [0.1, 0.15) is 30.4 Å². The molecule has 84 valence electrons. The highest BCUT2D eigenvalue weighted by Crippen LogP contribution is 2.29. The van der Waals surface area contributed by atoms with E-state index < -0.39 is 0 Å². The van der Waals surface area contributed by atoms with Crippen LogP contribution in [-0.4, -0.2) is 13.1 Å². The summed E-state index contributed by atoms with van der Waals surface area (Å²) in [4.78, 5) is 2.42. The van der Waals surface area contributed by atoms with Gasteiger partial charge in [-0.1, -0.05) is 0 Å². The van der Waals surface area contributed by atoms with Gasteiger partial charge < -0.3 is 4.90 Å². The number of hydrogen-bond donors (Lipinski definition) is 0. The number of benzene rings is 1. The Balaban J connectivity index is 2.34. The van der Waals surface area contributed by atoms with Crippen LogP contribution in [0.5, 0.6) is 0 Å². The van der Waals surface area contributed by atoms with Crippen LogP contribution < -0.4 is 4.90 Å². The Kier molecular flexibility index (Phi) is 3.50. The fourth-order valence-electron chi connectivity index (χ4n) is 2.23. The van der Waals surface area contributed by atoms with Crippen LogP contribution in [0.15, 0.2) is 16.6 Å². The van der Waals surface area contributed by atoms with Crippen molar-refractivity contribution in [2.45, 2.75) is 26.2 Å². The summed E-state index contributed by atoms with van der Waals surface area (Å²) in [5, 5.41) is 8.95. The van der Waals surface area contributed by atoms with E-state index in [1.807, 2.05) is 6.07 Å². The van der Waals surface area contributed by atoms with Gasteiger partial charge in [0.05, 0.1) is 5.56 Å². The highest BCUT2D eigenvalue weighted by atomic mass is 79.9. The molecule has 1 aliphatic heterocycles. The summed E-state index contributed by atoms with van der Waals surface area (Å²) >= 11 is 3.46. The maximum absolute atomic E-state index is 8.95. The number of aryl methyl sites for hydroxylation is 1. The predicted octanol–water partition coefficient (Wildman–Crippen LogP) is 3.62. The molecule has 2 nitrogen and oxygen atoms in total. The number of anilines is 1. The molecule has 0 saturated carbocycles. The minimum atomic E-state index is 0.721. The average Bonchev–Trinajstić information content (AvgIpc) is 2.32. The zero-order valence-electron chi connectivity index (χ0n) is 9.46. The molecule has 0 aromatic heterocycles. The zero-order chi connectivity index (χ0) is 11.5. The zero-order valence-corrected chi connectivity index (χ0v) is 11.0. The molecule has 0 unspecified atom stereocenters. The van der Waals surface area contributed by atoms with Gasteiger partial charge in [-0.15, -0.1) is 0 Å². The van der Waals surface area contributed by atoms with Crippen LogP contribution in [-0.2, 0) is 0 Å². The molecular weight excluding hydrogens is 264 g/mol. The molecule has 1 aromatic rings. The number of hydrogen-bond acceptors (Lipinski definition) is 2. The van der Waals surface area contributed by atoms with Gasteiger partial charge in [-0.05, 0) is 59.8 Å². The normalized spacial score (nSPS) is 15.9. The Hall–Kier alpha value is -1.01. The monoisotopic (exact) mass is 278 g/mol. The summed E-state index contributed by atoms with van der Waals surface area (Å²) in [7, 11) is 0. The van der Waals surface area contributed by atoms with Gasteiger partial charge in [-0.2, -0.15) is 5.26 Å². The quantitative estimate of drug-likeness (QED) is 0.785.